The molecule has 0 bridgehead atoms. The second-order valence-electron chi connectivity index (χ2n) is 6.58. The van der Waals surface area contributed by atoms with Crippen LogP contribution in [-0.2, 0) is 14.4 Å². The monoisotopic (exact) mass is 341 g/mol. The summed E-state index contributed by atoms with van der Waals surface area (Å²) in [6.45, 7) is 4.59. The molecule has 0 spiro atoms. The molecule has 2 rings (SSSR count). The number of carbonyl (C=O) groups excluding carboxylic acids is 2. The first-order valence-electron chi connectivity index (χ1n) is 8.93. The molecule has 2 fully saturated rings. The van der Waals surface area contributed by atoms with E-state index in [1.807, 2.05) is 0 Å². The molecule has 138 valence electrons. The second kappa shape index (κ2) is 11.0. The lowest BCUT2D eigenvalue weighted by Gasteiger charge is -2.32. The molecule has 7 heteroatoms. The van der Waals surface area contributed by atoms with E-state index in [1.54, 1.807) is 11.8 Å². The van der Waals surface area contributed by atoms with E-state index in [-0.39, 0.29) is 24.8 Å². The Bertz CT molecular complexity index is 422. The Balaban J connectivity index is 0.000000505. The van der Waals surface area contributed by atoms with Crippen LogP contribution in [0.1, 0.15) is 51.9 Å². The third-order valence-corrected chi connectivity index (χ3v) is 4.67. The van der Waals surface area contributed by atoms with Crippen molar-refractivity contribution in [3.05, 3.63) is 0 Å². The van der Waals surface area contributed by atoms with Crippen LogP contribution in [0.15, 0.2) is 0 Å². The van der Waals surface area contributed by atoms with Gasteiger partial charge in [-0.15, -0.1) is 0 Å². The molecule has 4 N–H and O–H groups in total. The fraction of sp³-hybridized carbons (Fsp3) is 0.824. The van der Waals surface area contributed by atoms with Gasteiger partial charge in [-0.25, -0.2) is 0 Å². The number of hydrogen-bond acceptors (Lipinski definition) is 4. The van der Waals surface area contributed by atoms with E-state index in [4.69, 9.17) is 10.8 Å². The molecular weight excluding hydrogens is 310 g/mol. The Morgan fingerprint density at radius 3 is 2.42 bits per heavy atom. The first kappa shape index (κ1) is 20.4. The summed E-state index contributed by atoms with van der Waals surface area (Å²) in [5, 5.41) is 11.1. The molecule has 2 heterocycles. The normalized spacial score (nSPS) is 21.8. The highest BCUT2D eigenvalue weighted by Gasteiger charge is 2.29. The molecular formula is C17H31N3O4. The second-order valence-corrected chi connectivity index (χ2v) is 6.58. The van der Waals surface area contributed by atoms with Gasteiger partial charge < -0.3 is 21.1 Å². The first-order chi connectivity index (χ1) is 11.4. The van der Waals surface area contributed by atoms with Crippen molar-refractivity contribution in [1.29, 1.82) is 0 Å². The van der Waals surface area contributed by atoms with E-state index < -0.39 is 11.9 Å². The summed E-state index contributed by atoms with van der Waals surface area (Å²) in [6.07, 6.45) is 6.76. The highest BCUT2D eigenvalue weighted by molar-refractivity contribution is 5.85. The molecule has 0 saturated carbocycles. The number of hydrogen-bond donors (Lipinski definition) is 3. The summed E-state index contributed by atoms with van der Waals surface area (Å²) >= 11 is 0. The molecule has 0 aromatic rings. The molecule has 2 aliphatic heterocycles. The van der Waals surface area contributed by atoms with Gasteiger partial charge >= 0.3 is 5.97 Å². The van der Waals surface area contributed by atoms with E-state index in [2.05, 4.69) is 5.32 Å². The van der Waals surface area contributed by atoms with Gasteiger partial charge in [0.1, 0.15) is 0 Å². The molecule has 0 aromatic heterocycles. The maximum absolute atomic E-state index is 12.2. The van der Waals surface area contributed by atoms with E-state index in [0.717, 1.165) is 44.7 Å². The minimum Gasteiger partial charge on any atom is -0.481 e. The zero-order chi connectivity index (χ0) is 17.9. The van der Waals surface area contributed by atoms with Crippen LogP contribution in [0.2, 0.25) is 0 Å². The van der Waals surface area contributed by atoms with Gasteiger partial charge in [-0.1, -0.05) is 6.92 Å². The zero-order valence-corrected chi connectivity index (χ0v) is 14.6. The molecule has 0 radical (unpaired) electrons. The van der Waals surface area contributed by atoms with Crippen molar-refractivity contribution in [2.24, 2.45) is 17.6 Å². The van der Waals surface area contributed by atoms with Gasteiger partial charge in [0.15, 0.2) is 0 Å². The van der Waals surface area contributed by atoms with Gasteiger partial charge in [0.05, 0.1) is 6.54 Å². The predicted octanol–water partition coefficient (Wildman–Crippen LogP) is 0.971. The van der Waals surface area contributed by atoms with Crippen LogP contribution in [0.5, 0.6) is 0 Å². The van der Waals surface area contributed by atoms with E-state index in [1.165, 1.54) is 12.8 Å². The van der Waals surface area contributed by atoms with Crippen LogP contribution in [0.4, 0.5) is 0 Å². The van der Waals surface area contributed by atoms with Gasteiger partial charge in [-0.3, -0.25) is 14.4 Å². The van der Waals surface area contributed by atoms with Crippen molar-refractivity contribution < 1.29 is 19.5 Å². The molecule has 0 aromatic carbocycles. The summed E-state index contributed by atoms with van der Waals surface area (Å²) in [5.74, 6) is -0.139. The lowest BCUT2D eigenvalue weighted by Crippen LogP contribution is -2.45. The highest BCUT2D eigenvalue weighted by atomic mass is 16.4. The number of nitrogens with two attached hydrogens (primary N) is 1. The summed E-state index contributed by atoms with van der Waals surface area (Å²) in [4.78, 5) is 34.2. The third-order valence-electron chi connectivity index (χ3n) is 4.67. The van der Waals surface area contributed by atoms with Crippen LogP contribution in [0, 0.1) is 11.8 Å². The van der Waals surface area contributed by atoms with Crippen LogP contribution in [0.3, 0.4) is 0 Å². The minimum absolute atomic E-state index is 0.0860. The number of aliphatic carboxylic acids is 1. The number of nitrogens with zero attached hydrogens (tertiary/aromatic N) is 1. The fourth-order valence-electron chi connectivity index (χ4n) is 3.24. The quantitative estimate of drug-likeness (QED) is 0.666. The van der Waals surface area contributed by atoms with Gasteiger partial charge in [0.2, 0.25) is 11.8 Å². The summed E-state index contributed by atoms with van der Waals surface area (Å²) in [7, 11) is 0. The molecule has 2 aliphatic rings. The molecule has 2 amide bonds. The zero-order valence-electron chi connectivity index (χ0n) is 14.6. The lowest BCUT2D eigenvalue weighted by molar-refractivity contribution is -0.141. The first-order valence-corrected chi connectivity index (χ1v) is 8.93. The highest BCUT2D eigenvalue weighted by Crippen LogP contribution is 2.26. The van der Waals surface area contributed by atoms with Gasteiger partial charge in [-0.2, -0.15) is 0 Å². The molecule has 7 nitrogen and oxygen atoms in total. The number of carbonyl (C=O) groups is 3. The topological polar surface area (TPSA) is 113 Å². The predicted molar refractivity (Wildman–Crippen MR) is 91.3 cm³/mol. The Morgan fingerprint density at radius 1 is 1.25 bits per heavy atom. The lowest BCUT2D eigenvalue weighted by atomic mass is 9.86. The van der Waals surface area contributed by atoms with E-state index >= 15 is 0 Å². The van der Waals surface area contributed by atoms with Crippen LogP contribution in [-0.4, -0.2) is 54.0 Å². The Labute approximate surface area is 144 Å². The Hall–Kier alpha value is -1.63. The standard InChI is InChI=1S/C14H25N3O2.C3H6O2/c15-13(18)10-17-9-1-2-12(14(17)19)4-3-11-5-7-16-8-6-11;1-2-3(4)5/h11-12,16H,1-10H2,(H2,15,18);2H2,1H3,(H,4,5). The van der Waals surface area contributed by atoms with Crippen molar-refractivity contribution in [3.8, 4) is 0 Å². The summed E-state index contributed by atoms with van der Waals surface area (Å²) in [5.41, 5.74) is 5.18. The van der Waals surface area contributed by atoms with Crippen molar-refractivity contribution in [3.63, 3.8) is 0 Å². The van der Waals surface area contributed by atoms with Gasteiger partial charge in [-0.05, 0) is 57.5 Å². The van der Waals surface area contributed by atoms with Gasteiger partial charge in [0, 0.05) is 18.9 Å². The third kappa shape index (κ3) is 7.77. The summed E-state index contributed by atoms with van der Waals surface area (Å²) < 4.78 is 0. The smallest absolute Gasteiger partial charge is 0.303 e. The molecule has 24 heavy (non-hydrogen) atoms. The van der Waals surface area contributed by atoms with Crippen LogP contribution < -0.4 is 11.1 Å². The average molecular weight is 341 g/mol. The maximum atomic E-state index is 12.2. The van der Waals surface area contributed by atoms with Crippen molar-refractivity contribution in [1.82, 2.24) is 10.2 Å². The van der Waals surface area contributed by atoms with Crippen LogP contribution in [0.25, 0.3) is 0 Å². The number of nitrogens with one attached hydrogen (secondary N) is 1. The number of piperidine rings is 2. The van der Waals surface area contributed by atoms with Crippen LogP contribution >= 0.6 is 0 Å². The molecule has 0 aliphatic carbocycles. The van der Waals surface area contributed by atoms with Crippen molar-refractivity contribution in [2.45, 2.75) is 51.9 Å². The average Bonchev–Trinajstić information content (AvgIpc) is 2.57. The SMILES string of the molecule is CCC(=O)O.NC(=O)CN1CCCC(CCC2CCNCC2)C1=O. The van der Waals surface area contributed by atoms with Gasteiger partial charge in [0.25, 0.3) is 0 Å². The summed E-state index contributed by atoms with van der Waals surface area (Å²) in [6, 6.07) is 0. The van der Waals surface area contributed by atoms with Crippen molar-refractivity contribution >= 4 is 17.8 Å². The number of primary amides is 1. The number of amides is 2. The number of carboxylic acids is 1. The van der Waals surface area contributed by atoms with E-state index in [9.17, 15) is 14.4 Å². The maximum Gasteiger partial charge on any atom is 0.303 e. The number of rotatable bonds is 6. The fourth-order valence-corrected chi connectivity index (χ4v) is 3.24. The number of likely N-dealkylation sites (tertiary alicyclic amines) is 1. The van der Waals surface area contributed by atoms with Crippen molar-refractivity contribution in [2.75, 3.05) is 26.2 Å². The minimum atomic E-state index is -0.745. The number of carboxylic acid groups (broad SMARTS) is 1. The van der Waals surface area contributed by atoms with E-state index in [0.29, 0.717) is 6.54 Å². The molecule has 2 saturated heterocycles. The Morgan fingerprint density at radius 2 is 1.88 bits per heavy atom. The Kier molecular flexibility index (Phi) is 9.37. The molecule has 1 unspecified atom stereocenters. The molecule has 1 atom stereocenters. The largest absolute Gasteiger partial charge is 0.481 e.